The van der Waals surface area contributed by atoms with Crippen LogP contribution in [0.25, 0.3) is 0 Å². The van der Waals surface area contributed by atoms with Gasteiger partial charge in [-0.1, -0.05) is 25.5 Å². The minimum absolute atomic E-state index is 0.00788. The highest BCUT2D eigenvalue weighted by Gasteiger charge is 2.56. The first-order valence-electron chi connectivity index (χ1n) is 10.8. The molecule has 0 spiro atoms. The quantitative estimate of drug-likeness (QED) is 0.545. The van der Waals surface area contributed by atoms with Gasteiger partial charge in [-0.15, -0.1) is 10.2 Å². The lowest BCUT2D eigenvalue weighted by Crippen LogP contribution is -2.52. The Morgan fingerprint density at radius 1 is 1.31 bits per heavy atom. The molecule has 4 rings (SSSR count). The van der Waals surface area contributed by atoms with Crippen LogP contribution in [-0.4, -0.2) is 22.3 Å². The van der Waals surface area contributed by atoms with Crippen molar-refractivity contribution < 1.29 is 13.9 Å². The zero-order valence-corrected chi connectivity index (χ0v) is 17.9. The maximum Gasteiger partial charge on any atom is 0.302 e. The predicted octanol–water partition coefficient (Wildman–Crippen LogP) is 4.64. The third-order valence-corrected chi connectivity index (χ3v) is 8.11. The van der Waals surface area contributed by atoms with Gasteiger partial charge in [-0.3, -0.25) is 4.79 Å². The van der Waals surface area contributed by atoms with Crippen LogP contribution in [0, 0.1) is 41.4 Å². The normalized spacial score (nSPS) is 38.9. The zero-order chi connectivity index (χ0) is 20.8. The molecule has 2 fully saturated rings. The van der Waals surface area contributed by atoms with Gasteiger partial charge in [0, 0.05) is 32.1 Å². The smallest absolute Gasteiger partial charge is 0.302 e. The van der Waals surface area contributed by atoms with E-state index in [1.165, 1.54) is 12.5 Å². The lowest BCUT2D eigenvalue weighted by molar-refractivity contribution is -0.148. The van der Waals surface area contributed by atoms with Gasteiger partial charge in [-0.2, -0.15) is 5.26 Å². The molecule has 6 heteroatoms. The van der Waals surface area contributed by atoms with E-state index in [1.807, 2.05) is 6.92 Å². The van der Waals surface area contributed by atoms with Crippen LogP contribution in [0.5, 0.6) is 0 Å². The molecular formula is C23H31N3O3. The second kappa shape index (κ2) is 7.27. The molecule has 0 amide bonds. The van der Waals surface area contributed by atoms with Crippen LogP contribution < -0.4 is 0 Å². The largest absolute Gasteiger partial charge is 0.462 e. The summed E-state index contributed by atoms with van der Waals surface area (Å²) in [4.78, 5) is 11.4. The van der Waals surface area contributed by atoms with Gasteiger partial charge in [-0.25, -0.2) is 0 Å². The van der Waals surface area contributed by atoms with E-state index in [-0.39, 0.29) is 28.8 Å². The Morgan fingerprint density at radius 2 is 2.07 bits per heavy atom. The number of rotatable bonds is 3. The fourth-order valence-electron chi connectivity index (χ4n) is 6.55. The summed E-state index contributed by atoms with van der Waals surface area (Å²) >= 11 is 0. The number of allylic oxidation sites excluding steroid dienone is 1. The summed E-state index contributed by atoms with van der Waals surface area (Å²) in [6, 6.07) is 2.45. The number of hydrogen-bond acceptors (Lipinski definition) is 6. The van der Waals surface area contributed by atoms with Gasteiger partial charge in [0.2, 0.25) is 11.8 Å². The Labute approximate surface area is 172 Å². The molecule has 0 aromatic carbocycles. The van der Waals surface area contributed by atoms with Crippen LogP contribution in [0.3, 0.4) is 0 Å². The van der Waals surface area contributed by atoms with Gasteiger partial charge in [0.15, 0.2) is 0 Å². The number of carbonyl (C=O) groups excluding carboxylic acids is 1. The molecule has 0 aliphatic heterocycles. The van der Waals surface area contributed by atoms with Crippen molar-refractivity contribution in [3.8, 4) is 6.07 Å². The lowest BCUT2D eigenvalue weighted by Gasteiger charge is -2.57. The minimum Gasteiger partial charge on any atom is -0.462 e. The van der Waals surface area contributed by atoms with E-state index < -0.39 is 0 Å². The molecule has 6 atom stereocenters. The van der Waals surface area contributed by atoms with Crippen molar-refractivity contribution in [1.82, 2.24) is 10.2 Å². The summed E-state index contributed by atoms with van der Waals surface area (Å²) in [6.45, 7) is 7.91. The molecule has 0 saturated heterocycles. The molecule has 29 heavy (non-hydrogen) atoms. The van der Waals surface area contributed by atoms with Gasteiger partial charge >= 0.3 is 5.97 Å². The number of aryl methyl sites for hydroxylation is 1. The van der Waals surface area contributed by atoms with Gasteiger partial charge in [-0.05, 0) is 55.3 Å². The molecular weight excluding hydrogens is 366 g/mol. The van der Waals surface area contributed by atoms with Crippen LogP contribution in [0.15, 0.2) is 16.1 Å². The lowest BCUT2D eigenvalue weighted by atomic mass is 9.47. The van der Waals surface area contributed by atoms with Crippen molar-refractivity contribution in [2.45, 2.75) is 84.2 Å². The van der Waals surface area contributed by atoms with Crippen molar-refractivity contribution in [2.24, 2.45) is 23.2 Å². The monoisotopic (exact) mass is 397 g/mol. The Morgan fingerprint density at radius 3 is 2.72 bits per heavy atom. The number of ether oxygens (including phenoxy) is 1. The third kappa shape index (κ3) is 3.29. The fraction of sp³-hybridized carbons (Fsp3) is 0.739. The summed E-state index contributed by atoms with van der Waals surface area (Å²) in [5.41, 5.74) is 1.32. The molecule has 156 valence electrons. The van der Waals surface area contributed by atoms with E-state index in [9.17, 15) is 10.1 Å². The topological polar surface area (TPSA) is 89.0 Å². The summed E-state index contributed by atoms with van der Waals surface area (Å²) in [5.74, 6) is 2.25. The van der Waals surface area contributed by atoms with Crippen LogP contribution >= 0.6 is 0 Å². The molecule has 1 aromatic heterocycles. The molecule has 2 saturated carbocycles. The van der Waals surface area contributed by atoms with E-state index in [2.05, 4.69) is 36.2 Å². The molecule has 0 bridgehead atoms. The molecule has 1 aromatic rings. The number of aromatic nitrogens is 2. The standard InChI is InChI=1S/C23H31N3O3/c1-14-25-26-21(28-14)23(4)11-8-19-18(20(23)9-12-24)6-5-16-13-17(29-15(2)27)7-10-22(16,19)3/h5,17-20H,6-11,13H2,1-4H3. The van der Waals surface area contributed by atoms with Gasteiger partial charge < -0.3 is 9.15 Å². The van der Waals surface area contributed by atoms with Crippen molar-refractivity contribution in [1.29, 1.82) is 5.26 Å². The van der Waals surface area contributed by atoms with E-state index in [0.29, 0.717) is 30.0 Å². The minimum atomic E-state index is -0.255. The molecule has 6 nitrogen and oxygen atoms in total. The summed E-state index contributed by atoms with van der Waals surface area (Å²) in [5, 5.41) is 18.0. The van der Waals surface area contributed by atoms with Crippen LogP contribution in [0.4, 0.5) is 0 Å². The summed E-state index contributed by atoms with van der Waals surface area (Å²) in [7, 11) is 0. The van der Waals surface area contributed by atoms with E-state index >= 15 is 0 Å². The van der Waals surface area contributed by atoms with Gasteiger partial charge in [0.05, 0.1) is 6.07 Å². The molecule has 0 radical (unpaired) electrons. The molecule has 1 heterocycles. The Kier molecular flexibility index (Phi) is 5.04. The number of hydrogen-bond donors (Lipinski definition) is 0. The highest BCUT2D eigenvalue weighted by Crippen LogP contribution is 2.62. The second-order valence-corrected chi connectivity index (χ2v) is 9.68. The number of nitrogens with zero attached hydrogens (tertiary/aromatic N) is 3. The van der Waals surface area contributed by atoms with Crippen molar-refractivity contribution in [3.05, 3.63) is 23.4 Å². The Hall–Kier alpha value is -2.16. The first kappa shape index (κ1) is 20.1. The highest BCUT2D eigenvalue weighted by molar-refractivity contribution is 5.66. The van der Waals surface area contributed by atoms with Crippen LogP contribution in [0.2, 0.25) is 0 Å². The first-order valence-corrected chi connectivity index (χ1v) is 10.8. The fourth-order valence-corrected chi connectivity index (χ4v) is 6.55. The summed E-state index contributed by atoms with van der Waals surface area (Å²) < 4.78 is 11.4. The number of carbonyl (C=O) groups is 1. The van der Waals surface area contributed by atoms with Crippen molar-refractivity contribution >= 4 is 5.97 Å². The molecule has 3 aliphatic carbocycles. The number of nitriles is 1. The Balaban J connectivity index is 1.65. The number of esters is 1. The molecule has 3 aliphatic rings. The summed E-state index contributed by atoms with van der Waals surface area (Å²) in [6.07, 6.45) is 8.72. The number of fused-ring (bicyclic) bond motifs is 3. The maximum absolute atomic E-state index is 11.4. The van der Waals surface area contributed by atoms with E-state index in [0.717, 1.165) is 38.5 Å². The van der Waals surface area contributed by atoms with Crippen LogP contribution in [0.1, 0.15) is 77.5 Å². The average molecular weight is 398 g/mol. The molecule has 6 unspecified atom stereocenters. The van der Waals surface area contributed by atoms with Crippen molar-refractivity contribution in [2.75, 3.05) is 0 Å². The zero-order valence-electron chi connectivity index (χ0n) is 17.9. The second-order valence-electron chi connectivity index (χ2n) is 9.68. The molecule has 0 N–H and O–H groups in total. The van der Waals surface area contributed by atoms with Crippen molar-refractivity contribution in [3.63, 3.8) is 0 Å². The van der Waals surface area contributed by atoms with E-state index in [1.54, 1.807) is 0 Å². The third-order valence-electron chi connectivity index (χ3n) is 8.11. The SMILES string of the molecule is CC(=O)OC1CCC2(C)C(=CCC3C2CCC(C)(c2nnc(C)o2)C3CC#N)C1. The highest BCUT2D eigenvalue weighted by atomic mass is 16.5. The maximum atomic E-state index is 11.4. The Bertz CT molecular complexity index is 869. The van der Waals surface area contributed by atoms with E-state index in [4.69, 9.17) is 9.15 Å². The first-order chi connectivity index (χ1) is 13.8. The van der Waals surface area contributed by atoms with Gasteiger partial charge in [0.1, 0.15) is 6.10 Å². The van der Waals surface area contributed by atoms with Crippen LogP contribution in [-0.2, 0) is 14.9 Å². The average Bonchev–Trinajstić information content (AvgIpc) is 3.11. The predicted molar refractivity (Wildman–Crippen MR) is 107 cm³/mol. The van der Waals surface area contributed by atoms with Gasteiger partial charge in [0.25, 0.3) is 0 Å².